The third kappa shape index (κ3) is 4.18. The SMILES string of the molecule is C=CC(=O)NC1CCN(c2ncnc3c(=O)n(-c4c(O)cccc4F)c(C(F)(F)F)cc23)CC1. The van der Waals surface area contributed by atoms with Gasteiger partial charge in [0.2, 0.25) is 5.91 Å². The molecule has 34 heavy (non-hydrogen) atoms. The quantitative estimate of drug-likeness (QED) is 0.443. The van der Waals surface area contributed by atoms with Crippen molar-refractivity contribution < 1.29 is 27.5 Å². The molecular formula is C22H19F4N5O3. The maximum Gasteiger partial charge on any atom is 0.431 e. The molecule has 2 aromatic heterocycles. The lowest BCUT2D eigenvalue weighted by molar-refractivity contribution is -0.142. The smallest absolute Gasteiger partial charge is 0.431 e. The number of alkyl halides is 3. The molecule has 0 saturated carbocycles. The molecule has 0 bridgehead atoms. The van der Waals surface area contributed by atoms with Crippen LogP contribution in [-0.2, 0) is 11.0 Å². The fourth-order valence-corrected chi connectivity index (χ4v) is 4.01. The lowest BCUT2D eigenvalue weighted by Crippen LogP contribution is -2.44. The minimum atomic E-state index is -5.06. The zero-order valence-electron chi connectivity index (χ0n) is 17.6. The molecule has 1 aliphatic rings. The van der Waals surface area contributed by atoms with Crippen LogP contribution in [0.1, 0.15) is 18.5 Å². The van der Waals surface area contributed by atoms with Crippen LogP contribution in [-0.4, -0.2) is 44.7 Å². The topological polar surface area (TPSA) is 100 Å². The molecule has 178 valence electrons. The lowest BCUT2D eigenvalue weighted by atomic mass is 10.0. The Kier molecular flexibility index (Phi) is 5.98. The summed E-state index contributed by atoms with van der Waals surface area (Å²) in [6, 6.07) is 3.47. The molecule has 1 aliphatic heterocycles. The van der Waals surface area contributed by atoms with Gasteiger partial charge in [-0.15, -0.1) is 0 Å². The predicted molar refractivity (Wildman–Crippen MR) is 115 cm³/mol. The number of benzene rings is 1. The molecule has 2 N–H and O–H groups in total. The van der Waals surface area contributed by atoms with Crippen LogP contribution in [0.25, 0.3) is 16.6 Å². The number of halogens is 4. The van der Waals surface area contributed by atoms with Gasteiger partial charge in [-0.25, -0.2) is 14.4 Å². The monoisotopic (exact) mass is 477 g/mol. The van der Waals surface area contributed by atoms with E-state index in [9.17, 15) is 32.3 Å². The van der Waals surface area contributed by atoms with Crippen LogP contribution in [0, 0.1) is 5.82 Å². The van der Waals surface area contributed by atoms with Crippen LogP contribution in [0.15, 0.2) is 48.0 Å². The highest BCUT2D eigenvalue weighted by Crippen LogP contribution is 2.36. The number of phenols is 1. The van der Waals surface area contributed by atoms with Gasteiger partial charge in [-0.05, 0) is 37.1 Å². The number of hydrogen-bond donors (Lipinski definition) is 2. The summed E-state index contributed by atoms with van der Waals surface area (Å²) in [6.45, 7) is 4.10. The normalized spacial score (nSPS) is 14.9. The van der Waals surface area contributed by atoms with E-state index in [4.69, 9.17) is 0 Å². The number of pyridine rings is 1. The van der Waals surface area contributed by atoms with Crippen LogP contribution in [0.3, 0.4) is 0 Å². The summed E-state index contributed by atoms with van der Waals surface area (Å²) in [7, 11) is 0. The maximum absolute atomic E-state index is 14.4. The zero-order chi connectivity index (χ0) is 24.6. The van der Waals surface area contributed by atoms with E-state index in [1.54, 1.807) is 4.90 Å². The minimum Gasteiger partial charge on any atom is -0.506 e. The number of amides is 1. The fourth-order valence-electron chi connectivity index (χ4n) is 4.01. The van der Waals surface area contributed by atoms with Crippen molar-refractivity contribution in [3.63, 3.8) is 0 Å². The highest BCUT2D eigenvalue weighted by molar-refractivity contribution is 5.90. The standard InChI is InChI=1S/C22H19F4N5O3/c1-2-17(33)29-12-6-8-30(9-7-12)20-13-10-16(22(24,25)26)31(21(34)18(13)27-11-28-20)19-14(23)4-3-5-15(19)32/h2-5,10-12,32H,1,6-9H2,(H,29,33). The molecule has 8 nitrogen and oxygen atoms in total. The molecule has 1 fully saturated rings. The number of hydrogen-bond acceptors (Lipinski definition) is 6. The van der Waals surface area contributed by atoms with E-state index in [0.29, 0.717) is 32.0 Å². The Morgan fingerprint density at radius 1 is 1.24 bits per heavy atom. The molecule has 1 saturated heterocycles. The molecule has 3 aromatic rings. The van der Waals surface area contributed by atoms with Gasteiger partial charge in [-0.1, -0.05) is 12.6 Å². The van der Waals surface area contributed by atoms with Crippen molar-refractivity contribution in [3.8, 4) is 11.4 Å². The van der Waals surface area contributed by atoms with Gasteiger partial charge in [0.1, 0.15) is 34.8 Å². The highest BCUT2D eigenvalue weighted by atomic mass is 19.4. The summed E-state index contributed by atoms with van der Waals surface area (Å²) in [5, 5.41) is 12.7. The van der Waals surface area contributed by atoms with Gasteiger partial charge < -0.3 is 15.3 Å². The zero-order valence-corrected chi connectivity index (χ0v) is 17.6. The molecule has 4 rings (SSSR count). The Hall–Kier alpha value is -3.96. The molecule has 3 heterocycles. The molecule has 0 aliphatic carbocycles. The number of carbonyl (C=O) groups is 1. The molecule has 0 spiro atoms. The van der Waals surface area contributed by atoms with Gasteiger partial charge in [-0.2, -0.15) is 13.2 Å². The van der Waals surface area contributed by atoms with Gasteiger partial charge in [0, 0.05) is 19.1 Å². The van der Waals surface area contributed by atoms with Gasteiger partial charge in [0.15, 0.2) is 5.82 Å². The Morgan fingerprint density at radius 3 is 2.56 bits per heavy atom. The molecule has 12 heteroatoms. The van der Waals surface area contributed by atoms with Crippen molar-refractivity contribution in [2.75, 3.05) is 18.0 Å². The van der Waals surface area contributed by atoms with Crippen LogP contribution < -0.4 is 15.8 Å². The Balaban J connectivity index is 1.84. The maximum atomic E-state index is 14.4. The van der Waals surface area contributed by atoms with E-state index in [-0.39, 0.29) is 33.2 Å². The molecule has 1 aromatic carbocycles. The molecular weight excluding hydrogens is 458 g/mol. The lowest BCUT2D eigenvalue weighted by Gasteiger charge is -2.33. The second-order valence-electron chi connectivity index (χ2n) is 7.71. The average molecular weight is 477 g/mol. The second kappa shape index (κ2) is 8.76. The summed E-state index contributed by atoms with van der Waals surface area (Å²) in [5.41, 5.74) is -4.00. The van der Waals surface area contributed by atoms with Crippen LogP contribution in [0.2, 0.25) is 0 Å². The first kappa shape index (κ1) is 23.2. The largest absolute Gasteiger partial charge is 0.506 e. The van der Waals surface area contributed by atoms with Crippen molar-refractivity contribution in [1.82, 2.24) is 19.9 Å². The number of aromatic nitrogens is 3. The minimum absolute atomic E-state index is 0.0842. The molecule has 0 atom stereocenters. The Labute approximate surface area is 190 Å². The average Bonchev–Trinajstić information content (AvgIpc) is 2.79. The van der Waals surface area contributed by atoms with Crippen molar-refractivity contribution in [2.45, 2.75) is 25.1 Å². The summed E-state index contributed by atoms with van der Waals surface area (Å²) < 4.78 is 56.6. The van der Waals surface area contributed by atoms with E-state index in [0.717, 1.165) is 30.6 Å². The number of fused-ring (bicyclic) bond motifs is 1. The van der Waals surface area contributed by atoms with Crippen molar-refractivity contribution in [1.29, 1.82) is 0 Å². The van der Waals surface area contributed by atoms with E-state index in [1.165, 1.54) is 0 Å². The number of nitrogens with zero attached hydrogens (tertiary/aromatic N) is 4. The summed E-state index contributed by atoms with van der Waals surface area (Å²) in [6.07, 6.45) is -1.86. The fraction of sp³-hybridized carbons (Fsp3) is 0.273. The number of rotatable bonds is 4. The molecule has 0 radical (unpaired) electrons. The van der Waals surface area contributed by atoms with E-state index in [1.807, 2.05) is 0 Å². The number of para-hydroxylation sites is 1. The number of aromatic hydroxyl groups is 1. The predicted octanol–water partition coefficient (Wildman–Crippen LogP) is 2.92. The van der Waals surface area contributed by atoms with Gasteiger partial charge in [0.05, 0.1) is 5.39 Å². The van der Waals surface area contributed by atoms with Gasteiger partial charge in [-0.3, -0.25) is 14.2 Å². The number of anilines is 1. The van der Waals surface area contributed by atoms with Crippen molar-refractivity contribution >= 4 is 22.6 Å². The number of carbonyl (C=O) groups excluding carboxylic acids is 1. The molecule has 0 unspecified atom stereocenters. The van der Waals surface area contributed by atoms with Crippen LogP contribution >= 0.6 is 0 Å². The van der Waals surface area contributed by atoms with Crippen LogP contribution in [0.5, 0.6) is 5.75 Å². The first-order valence-electron chi connectivity index (χ1n) is 10.3. The summed E-state index contributed by atoms with van der Waals surface area (Å²) in [4.78, 5) is 34.3. The third-order valence-corrected chi connectivity index (χ3v) is 5.60. The van der Waals surface area contributed by atoms with E-state index >= 15 is 0 Å². The van der Waals surface area contributed by atoms with Crippen molar-refractivity contribution in [3.05, 3.63) is 65.1 Å². The van der Waals surface area contributed by atoms with Crippen LogP contribution in [0.4, 0.5) is 23.4 Å². The first-order chi connectivity index (χ1) is 16.1. The molecule has 1 amide bonds. The van der Waals surface area contributed by atoms with E-state index in [2.05, 4.69) is 21.9 Å². The number of phenolic OH excluding ortho intramolecular Hbond substituents is 1. The Morgan fingerprint density at radius 2 is 1.94 bits per heavy atom. The summed E-state index contributed by atoms with van der Waals surface area (Å²) >= 11 is 0. The third-order valence-electron chi connectivity index (χ3n) is 5.60. The number of nitrogens with one attached hydrogen (secondary N) is 1. The van der Waals surface area contributed by atoms with Gasteiger partial charge >= 0.3 is 6.18 Å². The van der Waals surface area contributed by atoms with Gasteiger partial charge in [0.25, 0.3) is 5.56 Å². The number of piperidine rings is 1. The highest BCUT2D eigenvalue weighted by Gasteiger charge is 2.38. The van der Waals surface area contributed by atoms with E-state index < -0.39 is 34.7 Å². The van der Waals surface area contributed by atoms with Crippen molar-refractivity contribution in [2.24, 2.45) is 0 Å². The Bertz CT molecular complexity index is 1310. The first-order valence-corrected chi connectivity index (χ1v) is 10.3. The summed E-state index contributed by atoms with van der Waals surface area (Å²) in [5.74, 6) is -2.24. The second-order valence-corrected chi connectivity index (χ2v) is 7.71.